The Hall–Kier alpha value is -0.610. The second kappa shape index (κ2) is 4.72. The van der Waals surface area contributed by atoms with Gasteiger partial charge in [0.15, 0.2) is 0 Å². The Morgan fingerprint density at radius 1 is 1.69 bits per heavy atom. The van der Waals surface area contributed by atoms with Crippen LogP contribution in [-0.2, 0) is 0 Å². The number of alkyl halides is 1. The topological polar surface area (TPSA) is 33.2 Å². The van der Waals surface area contributed by atoms with Crippen LogP contribution in [0.1, 0.15) is 28.8 Å². The molecule has 1 saturated heterocycles. The third kappa shape index (κ3) is 2.38. The summed E-state index contributed by atoms with van der Waals surface area (Å²) in [5.74, 6) is 0.402. The molecular formula is C11H15ClN2OS. The summed E-state index contributed by atoms with van der Waals surface area (Å²) < 4.78 is 0. The number of rotatable bonds is 1. The van der Waals surface area contributed by atoms with E-state index in [-0.39, 0.29) is 11.3 Å². The van der Waals surface area contributed by atoms with Gasteiger partial charge in [0.2, 0.25) is 0 Å². The Morgan fingerprint density at radius 3 is 3.00 bits per heavy atom. The fourth-order valence-corrected chi connectivity index (χ4v) is 2.69. The molecule has 0 bridgehead atoms. The van der Waals surface area contributed by atoms with Gasteiger partial charge in [0.05, 0.1) is 5.01 Å². The summed E-state index contributed by atoms with van der Waals surface area (Å²) in [4.78, 5) is 18.2. The van der Waals surface area contributed by atoms with E-state index >= 15 is 0 Å². The van der Waals surface area contributed by atoms with E-state index in [9.17, 15) is 4.79 Å². The first-order chi connectivity index (χ1) is 7.58. The number of nitrogens with zero attached hydrogens (tertiary/aromatic N) is 2. The zero-order valence-corrected chi connectivity index (χ0v) is 11.0. The number of piperidine rings is 1. The van der Waals surface area contributed by atoms with E-state index in [4.69, 9.17) is 11.6 Å². The van der Waals surface area contributed by atoms with E-state index in [0.717, 1.165) is 24.5 Å². The molecule has 1 aliphatic heterocycles. The van der Waals surface area contributed by atoms with E-state index < -0.39 is 0 Å². The lowest BCUT2D eigenvalue weighted by Crippen LogP contribution is -2.43. The van der Waals surface area contributed by atoms with Crippen LogP contribution in [0.25, 0.3) is 0 Å². The first-order valence-electron chi connectivity index (χ1n) is 5.43. The standard InChI is InChI=1S/C11H15ClN2OS/c1-7-5-14(4-3-9(7)12)11(15)10-6-16-8(2)13-10/h6-7,9H,3-5H2,1-2H3. The van der Waals surface area contributed by atoms with Crippen LogP contribution in [0.2, 0.25) is 0 Å². The van der Waals surface area contributed by atoms with Gasteiger partial charge >= 0.3 is 0 Å². The normalized spacial score (nSPS) is 25.8. The summed E-state index contributed by atoms with van der Waals surface area (Å²) in [6.45, 7) is 5.48. The molecule has 3 nitrogen and oxygen atoms in total. The molecule has 2 heterocycles. The monoisotopic (exact) mass is 258 g/mol. The summed E-state index contributed by atoms with van der Waals surface area (Å²) >= 11 is 7.65. The lowest BCUT2D eigenvalue weighted by molar-refractivity contribution is 0.0681. The van der Waals surface area contributed by atoms with Crippen molar-refractivity contribution in [2.75, 3.05) is 13.1 Å². The van der Waals surface area contributed by atoms with Gasteiger partial charge in [-0.05, 0) is 19.3 Å². The Labute approximate surface area is 104 Å². The SMILES string of the molecule is Cc1nc(C(=O)N2CCC(Cl)C(C)C2)cs1. The molecule has 2 atom stereocenters. The lowest BCUT2D eigenvalue weighted by atomic mass is 9.99. The van der Waals surface area contributed by atoms with Crippen LogP contribution in [-0.4, -0.2) is 34.3 Å². The Balaban J connectivity index is 2.06. The minimum absolute atomic E-state index is 0.0415. The second-order valence-electron chi connectivity index (χ2n) is 4.28. The third-order valence-corrected chi connectivity index (χ3v) is 4.35. The second-order valence-corrected chi connectivity index (χ2v) is 5.91. The van der Waals surface area contributed by atoms with Crippen molar-refractivity contribution < 1.29 is 4.79 Å². The molecule has 1 fully saturated rings. The van der Waals surface area contributed by atoms with Crippen molar-refractivity contribution in [2.45, 2.75) is 25.6 Å². The van der Waals surface area contributed by atoms with E-state index in [0.29, 0.717) is 11.6 Å². The summed E-state index contributed by atoms with van der Waals surface area (Å²) in [5, 5.41) is 2.96. The van der Waals surface area contributed by atoms with Crippen molar-refractivity contribution in [3.63, 3.8) is 0 Å². The van der Waals surface area contributed by atoms with Crippen molar-refractivity contribution in [3.05, 3.63) is 16.1 Å². The van der Waals surface area contributed by atoms with Crippen molar-refractivity contribution >= 4 is 28.8 Å². The van der Waals surface area contributed by atoms with Gasteiger partial charge in [-0.3, -0.25) is 4.79 Å². The first-order valence-corrected chi connectivity index (χ1v) is 6.75. The van der Waals surface area contributed by atoms with Crippen molar-refractivity contribution in [3.8, 4) is 0 Å². The molecule has 5 heteroatoms. The number of carbonyl (C=O) groups excluding carboxylic acids is 1. The molecular weight excluding hydrogens is 244 g/mol. The average Bonchev–Trinajstić information content (AvgIpc) is 2.68. The lowest BCUT2D eigenvalue weighted by Gasteiger charge is -2.33. The van der Waals surface area contributed by atoms with Crippen LogP contribution >= 0.6 is 22.9 Å². The molecule has 0 saturated carbocycles. The predicted octanol–water partition coefficient (Wildman–Crippen LogP) is 2.54. The number of aryl methyl sites for hydroxylation is 1. The average molecular weight is 259 g/mol. The number of halogens is 1. The molecule has 2 rings (SSSR count). The van der Waals surface area contributed by atoms with E-state index in [1.165, 1.54) is 11.3 Å². The molecule has 0 aliphatic carbocycles. The summed E-state index contributed by atoms with van der Waals surface area (Å²) in [6, 6.07) is 0. The van der Waals surface area contributed by atoms with Crippen LogP contribution < -0.4 is 0 Å². The number of amides is 1. The zero-order chi connectivity index (χ0) is 11.7. The van der Waals surface area contributed by atoms with Gasteiger partial charge < -0.3 is 4.90 Å². The van der Waals surface area contributed by atoms with Crippen LogP contribution in [0.3, 0.4) is 0 Å². The molecule has 1 aliphatic rings. The van der Waals surface area contributed by atoms with E-state index in [1.807, 2.05) is 17.2 Å². The highest BCUT2D eigenvalue weighted by Gasteiger charge is 2.28. The highest BCUT2D eigenvalue weighted by Crippen LogP contribution is 2.23. The number of carbonyl (C=O) groups is 1. The van der Waals surface area contributed by atoms with Crippen LogP contribution in [0.5, 0.6) is 0 Å². The van der Waals surface area contributed by atoms with Gasteiger partial charge in [-0.15, -0.1) is 22.9 Å². The van der Waals surface area contributed by atoms with Crippen molar-refractivity contribution in [2.24, 2.45) is 5.92 Å². The smallest absolute Gasteiger partial charge is 0.273 e. The van der Waals surface area contributed by atoms with Gasteiger partial charge in [-0.25, -0.2) is 4.98 Å². The highest BCUT2D eigenvalue weighted by atomic mass is 35.5. The number of likely N-dealkylation sites (tertiary alicyclic amines) is 1. The van der Waals surface area contributed by atoms with E-state index in [2.05, 4.69) is 11.9 Å². The highest BCUT2D eigenvalue weighted by molar-refractivity contribution is 7.09. The zero-order valence-electron chi connectivity index (χ0n) is 9.44. The summed E-state index contributed by atoms with van der Waals surface area (Å²) in [7, 11) is 0. The molecule has 0 spiro atoms. The Morgan fingerprint density at radius 2 is 2.44 bits per heavy atom. The number of aromatic nitrogens is 1. The van der Waals surface area contributed by atoms with Crippen molar-refractivity contribution in [1.82, 2.24) is 9.88 Å². The van der Waals surface area contributed by atoms with Gasteiger partial charge in [0, 0.05) is 23.8 Å². The molecule has 0 radical (unpaired) electrons. The summed E-state index contributed by atoms with van der Waals surface area (Å²) in [6.07, 6.45) is 0.873. The minimum atomic E-state index is 0.0415. The van der Waals surface area contributed by atoms with Gasteiger partial charge in [-0.1, -0.05) is 6.92 Å². The maximum absolute atomic E-state index is 12.1. The van der Waals surface area contributed by atoms with Crippen LogP contribution in [0, 0.1) is 12.8 Å². The van der Waals surface area contributed by atoms with Gasteiger partial charge in [0.1, 0.15) is 5.69 Å². The maximum Gasteiger partial charge on any atom is 0.273 e. The molecule has 1 aromatic heterocycles. The van der Waals surface area contributed by atoms with Crippen LogP contribution in [0.15, 0.2) is 5.38 Å². The van der Waals surface area contributed by atoms with Gasteiger partial charge in [-0.2, -0.15) is 0 Å². The first kappa shape index (κ1) is 11.9. The number of hydrogen-bond acceptors (Lipinski definition) is 3. The molecule has 2 unspecified atom stereocenters. The fourth-order valence-electron chi connectivity index (χ4n) is 1.93. The summed E-state index contributed by atoms with van der Waals surface area (Å²) in [5.41, 5.74) is 0.572. The maximum atomic E-state index is 12.1. The number of hydrogen-bond donors (Lipinski definition) is 0. The van der Waals surface area contributed by atoms with Gasteiger partial charge in [0.25, 0.3) is 5.91 Å². The van der Waals surface area contributed by atoms with Crippen molar-refractivity contribution in [1.29, 1.82) is 0 Å². The number of thiazole rings is 1. The molecule has 0 aromatic carbocycles. The third-order valence-electron chi connectivity index (χ3n) is 2.93. The van der Waals surface area contributed by atoms with Crippen LogP contribution in [0.4, 0.5) is 0 Å². The fraction of sp³-hybridized carbons (Fsp3) is 0.636. The van der Waals surface area contributed by atoms with E-state index in [1.54, 1.807) is 0 Å². The molecule has 1 amide bonds. The largest absolute Gasteiger partial charge is 0.337 e. The predicted molar refractivity (Wildman–Crippen MR) is 66.2 cm³/mol. The minimum Gasteiger partial charge on any atom is -0.337 e. The Bertz CT molecular complexity index is 393. The molecule has 1 aromatic rings. The Kier molecular flexibility index (Phi) is 3.50. The molecule has 88 valence electrons. The molecule has 16 heavy (non-hydrogen) atoms. The quantitative estimate of drug-likeness (QED) is 0.726. The molecule has 0 N–H and O–H groups in total.